The molecule has 1 saturated carbocycles. The fourth-order valence-electron chi connectivity index (χ4n) is 4.01. The van der Waals surface area contributed by atoms with Crippen molar-refractivity contribution in [2.75, 3.05) is 7.11 Å². The van der Waals surface area contributed by atoms with Crippen LogP contribution in [-0.4, -0.2) is 25.2 Å². The molecule has 2 aliphatic carbocycles. The molecule has 122 valence electrons. The van der Waals surface area contributed by atoms with E-state index in [0.717, 1.165) is 25.7 Å². The van der Waals surface area contributed by atoms with Gasteiger partial charge in [0, 0.05) is 18.4 Å². The smallest absolute Gasteiger partial charge is 0.333 e. The summed E-state index contributed by atoms with van der Waals surface area (Å²) in [5.74, 6) is 0.0646. The lowest BCUT2D eigenvalue weighted by Gasteiger charge is -2.26. The first kappa shape index (κ1) is 16.8. The van der Waals surface area contributed by atoms with Gasteiger partial charge in [0.05, 0.1) is 7.11 Å². The zero-order valence-corrected chi connectivity index (χ0v) is 14.0. The van der Waals surface area contributed by atoms with Crippen molar-refractivity contribution in [2.45, 2.75) is 52.6 Å². The van der Waals surface area contributed by atoms with Gasteiger partial charge in [0.25, 0.3) is 0 Å². The maximum Gasteiger partial charge on any atom is 0.333 e. The molecule has 0 amide bonds. The molecule has 1 fully saturated rings. The number of carbonyl (C=O) groups is 2. The van der Waals surface area contributed by atoms with Crippen LogP contribution in [0.5, 0.6) is 0 Å². The van der Waals surface area contributed by atoms with Crippen molar-refractivity contribution >= 4 is 11.9 Å². The van der Waals surface area contributed by atoms with Gasteiger partial charge in [0.2, 0.25) is 0 Å². The van der Waals surface area contributed by atoms with Crippen molar-refractivity contribution in [1.29, 1.82) is 0 Å². The molecular weight excluding hydrogens is 280 g/mol. The van der Waals surface area contributed by atoms with Crippen molar-refractivity contribution < 1.29 is 19.1 Å². The summed E-state index contributed by atoms with van der Waals surface area (Å²) in [4.78, 5) is 23.4. The molecule has 0 heterocycles. The Labute approximate surface area is 132 Å². The average Bonchev–Trinajstić information content (AvgIpc) is 2.76. The Hall–Kier alpha value is -1.58. The zero-order valence-electron chi connectivity index (χ0n) is 14.0. The summed E-state index contributed by atoms with van der Waals surface area (Å²) in [6.07, 6.45) is 3.49. The molecular formula is C18H26O4. The molecule has 22 heavy (non-hydrogen) atoms. The van der Waals surface area contributed by atoms with E-state index in [2.05, 4.69) is 20.4 Å². The third-order valence-corrected chi connectivity index (χ3v) is 5.22. The van der Waals surface area contributed by atoms with Crippen LogP contribution >= 0.6 is 0 Å². The van der Waals surface area contributed by atoms with Crippen LogP contribution < -0.4 is 0 Å². The highest BCUT2D eigenvalue weighted by molar-refractivity contribution is 5.88. The lowest BCUT2D eigenvalue weighted by atomic mass is 9.86. The summed E-state index contributed by atoms with van der Waals surface area (Å²) in [5.41, 5.74) is 3.26. The highest BCUT2D eigenvalue weighted by Gasteiger charge is 2.41. The average molecular weight is 306 g/mol. The van der Waals surface area contributed by atoms with Gasteiger partial charge in [-0.3, -0.25) is 4.79 Å². The second kappa shape index (κ2) is 6.67. The van der Waals surface area contributed by atoms with Gasteiger partial charge in [-0.1, -0.05) is 24.6 Å². The number of rotatable bonds is 3. The SMILES string of the molecule is C=C(C(=O)OC)[C@@H]1CC2=C(C)CC[C@H]2[C@@H](C)C[C@H]1OC(C)=O. The molecule has 4 atom stereocenters. The number of ether oxygens (including phenoxy) is 2. The predicted molar refractivity (Wildman–Crippen MR) is 84.0 cm³/mol. The Balaban J connectivity index is 2.35. The van der Waals surface area contributed by atoms with Crippen molar-refractivity contribution in [3.8, 4) is 0 Å². The van der Waals surface area contributed by atoms with Gasteiger partial charge in [0.1, 0.15) is 6.10 Å². The standard InChI is InChI=1S/C18H26O4/c1-10-6-7-14-11(2)8-17(22-13(4)19)16(9-15(10)14)12(3)18(20)21-5/h11,14,16-17H,3,6-9H2,1-2,4-5H3/t11-,14-,16-,17+/m0/s1. The molecule has 0 radical (unpaired) electrons. The third-order valence-electron chi connectivity index (χ3n) is 5.22. The van der Waals surface area contributed by atoms with E-state index in [9.17, 15) is 9.59 Å². The van der Waals surface area contributed by atoms with E-state index >= 15 is 0 Å². The molecule has 0 aromatic heterocycles. The first-order chi connectivity index (χ1) is 10.3. The Morgan fingerprint density at radius 3 is 2.59 bits per heavy atom. The van der Waals surface area contributed by atoms with Crippen LogP contribution in [0.3, 0.4) is 0 Å². The topological polar surface area (TPSA) is 52.6 Å². The Morgan fingerprint density at radius 2 is 2.00 bits per heavy atom. The van der Waals surface area contributed by atoms with Crippen LogP contribution in [-0.2, 0) is 19.1 Å². The van der Waals surface area contributed by atoms with Gasteiger partial charge < -0.3 is 9.47 Å². The number of hydrogen-bond donors (Lipinski definition) is 0. The number of fused-ring (bicyclic) bond motifs is 1. The van der Waals surface area contributed by atoms with Crippen LogP contribution in [0.25, 0.3) is 0 Å². The van der Waals surface area contributed by atoms with Crippen LogP contribution in [0.4, 0.5) is 0 Å². The molecule has 0 bridgehead atoms. The van der Waals surface area contributed by atoms with Crippen molar-refractivity contribution in [2.24, 2.45) is 17.8 Å². The molecule has 0 N–H and O–H groups in total. The zero-order chi connectivity index (χ0) is 16.4. The molecule has 0 unspecified atom stereocenters. The maximum absolute atomic E-state index is 11.9. The van der Waals surface area contributed by atoms with Crippen LogP contribution in [0, 0.1) is 17.8 Å². The first-order valence-electron chi connectivity index (χ1n) is 7.98. The van der Waals surface area contributed by atoms with E-state index in [1.807, 2.05) is 0 Å². The van der Waals surface area contributed by atoms with E-state index in [-0.39, 0.29) is 18.0 Å². The Kier molecular flexibility index (Phi) is 5.09. The molecule has 0 aromatic rings. The summed E-state index contributed by atoms with van der Waals surface area (Å²) >= 11 is 0. The molecule has 4 nitrogen and oxygen atoms in total. The molecule has 0 saturated heterocycles. The predicted octanol–water partition coefficient (Wildman–Crippen LogP) is 3.42. The summed E-state index contributed by atoms with van der Waals surface area (Å²) in [6, 6.07) is 0. The Morgan fingerprint density at radius 1 is 1.32 bits per heavy atom. The van der Waals surface area contributed by atoms with Crippen molar-refractivity contribution in [1.82, 2.24) is 0 Å². The normalized spacial score (nSPS) is 31.3. The van der Waals surface area contributed by atoms with Gasteiger partial charge in [-0.25, -0.2) is 4.79 Å². The fraction of sp³-hybridized carbons (Fsp3) is 0.667. The molecule has 4 heteroatoms. The van der Waals surface area contributed by atoms with Crippen LogP contribution in [0.15, 0.2) is 23.3 Å². The minimum Gasteiger partial charge on any atom is -0.466 e. The first-order valence-corrected chi connectivity index (χ1v) is 7.98. The quantitative estimate of drug-likeness (QED) is 0.455. The van der Waals surface area contributed by atoms with Crippen molar-refractivity contribution in [3.05, 3.63) is 23.3 Å². The van der Waals surface area contributed by atoms with Crippen LogP contribution in [0.2, 0.25) is 0 Å². The summed E-state index contributed by atoms with van der Waals surface area (Å²) < 4.78 is 10.4. The van der Waals surface area contributed by atoms with E-state index in [1.165, 1.54) is 25.2 Å². The molecule has 0 aliphatic heterocycles. The molecule has 0 spiro atoms. The summed E-state index contributed by atoms with van der Waals surface area (Å²) in [6.45, 7) is 9.72. The van der Waals surface area contributed by atoms with E-state index < -0.39 is 5.97 Å². The van der Waals surface area contributed by atoms with Crippen LogP contribution in [0.1, 0.15) is 46.5 Å². The second-order valence-electron chi connectivity index (χ2n) is 6.64. The highest BCUT2D eigenvalue weighted by Crippen LogP contribution is 2.47. The largest absolute Gasteiger partial charge is 0.466 e. The minimum absolute atomic E-state index is 0.188. The number of carbonyl (C=O) groups excluding carboxylic acids is 2. The summed E-state index contributed by atoms with van der Waals surface area (Å²) in [7, 11) is 1.36. The van der Waals surface area contributed by atoms with Gasteiger partial charge in [-0.05, 0) is 44.4 Å². The molecule has 0 aromatic carbocycles. The molecule has 2 rings (SSSR count). The monoisotopic (exact) mass is 306 g/mol. The van der Waals surface area contributed by atoms with E-state index in [4.69, 9.17) is 9.47 Å². The van der Waals surface area contributed by atoms with E-state index in [1.54, 1.807) is 0 Å². The number of methoxy groups -OCH3 is 1. The van der Waals surface area contributed by atoms with Gasteiger partial charge in [-0.15, -0.1) is 0 Å². The van der Waals surface area contributed by atoms with E-state index in [0.29, 0.717) is 17.4 Å². The van der Waals surface area contributed by atoms with Gasteiger partial charge >= 0.3 is 11.9 Å². The minimum atomic E-state index is -0.412. The van der Waals surface area contributed by atoms with Crippen molar-refractivity contribution in [3.63, 3.8) is 0 Å². The number of allylic oxidation sites excluding steroid dienone is 2. The summed E-state index contributed by atoms with van der Waals surface area (Å²) in [5, 5.41) is 0. The molecule has 2 aliphatic rings. The maximum atomic E-state index is 11.9. The lowest BCUT2D eigenvalue weighted by Crippen LogP contribution is -2.30. The van der Waals surface area contributed by atoms with Gasteiger partial charge in [-0.2, -0.15) is 0 Å². The highest BCUT2D eigenvalue weighted by atomic mass is 16.5. The number of esters is 2. The second-order valence-corrected chi connectivity index (χ2v) is 6.64. The van der Waals surface area contributed by atoms with Gasteiger partial charge in [0.15, 0.2) is 0 Å². The number of hydrogen-bond acceptors (Lipinski definition) is 4. The third kappa shape index (κ3) is 3.26. The lowest BCUT2D eigenvalue weighted by molar-refractivity contribution is -0.150. The fourth-order valence-corrected chi connectivity index (χ4v) is 4.01. The Bertz CT molecular complexity index is 517.